The third kappa shape index (κ3) is 7.19. The summed E-state index contributed by atoms with van der Waals surface area (Å²) in [6.45, 7) is 1.76. The van der Waals surface area contributed by atoms with E-state index in [9.17, 15) is 9.59 Å². The van der Waals surface area contributed by atoms with E-state index >= 15 is 0 Å². The Bertz CT molecular complexity index is 1430. The summed E-state index contributed by atoms with van der Waals surface area (Å²) in [5, 5.41) is 6.74. The van der Waals surface area contributed by atoms with Crippen molar-refractivity contribution in [3.63, 3.8) is 0 Å². The SMILES string of the molecule is COc1cc(/C=C2/SC(=Nc3ccc(C)cc3)NC2=O)cc(I)c1OCC(=O)Nc1ccc(Cl)c(Cl)c1. The van der Waals surface area contributed by atoms with Crippen LogP contribution in [0.2, 0.25) is 10.0 Å². The molecule has 37 heavy (non-hydrogen) atoms. The highest BCUT2D eigenvalue weighted by atomic mass is 127. The predicted molar refractivity (Wildman–Crippen MR) is 158 cm³/mol. The number of amides is 2. The molecule has 0 bridgehead atoms. The number of carbonyl (C=O) groups is 2. The van der Waals surface area contributed by atoms with Gasteiger partial charge in [0, 0.05) is 5.69 Å². The van der Waals surface area contributed by atoms with Crippen LogP contribution in [0, 0.1) is 10.5 Å². The topological polar surface area (TPSA) is 89.0 Å². The number of ether oxygens (including phenoxy) is 2. The van der Waals surface area contributed by atoms with Gasteiger partial charge in [0.05, 0.1) is 31.3 Å². The van der Waals surface area contributed by atoms with E-state index in [2.05, 4.69) is 38.2 Å². The molecule has 2 N–H and O–H groups in total. The number of nitrogens with one attached hydrogen (secondary N) is 2. The minimum Gasteiger partial charge on any atom is -0.493 e. The van der Waals surface area contributed by atoms with Crippen molar-refractivity contribution in [3.05, 3.63) is 84.2 Å². The molecule has 0 aliphatic carbocycles. The van der Waals surface area contributed by atoms with Gasteiger partial charge in [-0.1, -0.05) is 40.9 Å². The number of rotatable bonds is 7. The monoisotopic (exact) mass is 667 g/mol. The van der Waals surface area contributed by atoms with Crippen molar-refractivity contribution in [2.75, 3.05) is 19.0 Å². The fourth-order valence-electron chi connectivity index (χ4n) is 3.24. The Balaban J connectivity index is 1.45. The molecule has 0 unspecified atom stereocenters. The molecule has 0 spiro atoms. The minimum atomic E-state index is -0.373. The number of aliphatic imine (C=N–C) groups is 1. The standard InChI is InChI=1S/C26H20Cl2IN3O4S/c1-14-3-5-16(6-4-14)31-26-32-25(34)22(37-26)11-15-9-20(29)24(21(10-15)35-2)36-13-23(33)30-17-7-8-18(27)19(28)12-17/h3-12H,13H2,1-2H3,(H,30,33)(H,31,32,34)/b22-11+. The van der Waals surface area contributed by atoms with Gasteiger partial charge < -0.3 is 20.1 Å². The third-order valence-corrected chi connectivity index (χ3v) is 7.47. The van der Waals surface area contributed by atoms with Gasteiger partial charge in [-0.2, -0.15) is 0 Å². The first kappa shape index (κ1) is 27.3. The van der Waals surface area contributed by atoms with Gasteiger partial charge >= 0.3 is 0 Å². The lowest BCUT2D eigenvalue weighted by Crippen LogP contribution is -2.20. The van der Waals surface area contributed by atoms with E-state index in [0.717, 1.165) is 16.8 Å². The van der Waals surface area contributed by atoms with Crippen LogP contribution in [-0.2, 0) is 9.59 Å². The number of anilines is 1. The summed E-state index contributed by atoms with van der Waals surface area (Å²) < 4.78 is 12.0. The van der Waals surface area contributed by atoms with Crippen molar-refractivity contribution in [1.82, 2.24) is 5.32 Å². The maximum absolute atomic E-state index is 12.5. The molecule has 0 aromatic heterocycles. The first-order valence-electron chi connectivity index (χ1n) is 10.8. The summed E-state index contributed by atoms with van der Waals surface area (Å²) >= 11 is 15.3. The average molecular weight is 668 g/mol. The van der Waals surface area contributed by atoms with E-state index in [1.165, 1.54) is 18.9 Å². The largest absolute Gasteiger partial charge is 0.493 e. The van der Waals surface area contributed by atoms with Crippen molar-refractivity contribution in [3.8, 4) is 11.5 Å². The number of benzene rings is 3. The summed E-state index contributed by atoms with van der Waals surface area (Å²) in [4.78, 5) is 29.9. The molecule has 7 nitrogen and oxygen atoms in total. The molecule has 3 aromatic carbocycles. The zero-order valence-electron chi connectivity index (χ0n) is 19.6. The van der Waals surface area contributed by atoms with Crippen LogP contribution in [0.15, 0.2) is 64.5 Å². The van der Waals surface area contributed by atoms with E-state index in [1.807, 2.05) is 37.3 Å². The summed E-state index contributed by atoms with van der Waals surface area (Å²) in [5.74, 6) is 0.240. The molecule has 1 aliphatic rings. The van der Waals surface area contributed by atoms with Crippen molar-refractivity contribution in [2.24, 2.45) is 4.99 Å². The highest BCUT2D eigenvalue weighted by molar-refractivity contribution is 14.1. The highest BCUT2D eigenvalue weighted by Crippen LogP contribution is 2.36. The molecule has 3 aromatic rings. The lowest BCUT2D eigenvalue weighted by Gasteiger charge is -2.14. The Morgan fingerprint density at radius 1 is 1.14 bits per heavy atom. The molecule has 1 aliphatic heterocycles. The number of hydrogen-bond acceptors (Lipinski definition) is 6. The highest BCUT2D eigenvalue weighted by Gasteiger charge is 2.24. The van der Waals surface area contributed by atoms with Crippen molar-refractivity contribution in [2.45, 2.75) is 6.92 Å². The molecule has 4 rings (SSSR count). The van der Waals surface area contributed by atoms with Crippen molar-refractivity contribution < 1.29 is 19.1 Å². The zero-order chi connectivity index (χ0) is 26.5. The third-order valence-electron chi connectivity index (χ3n) is 5.02. The maximum atomic E-state index is 12.5. The molecule has 2 amide bonds. The van der Waals surface area contributed by atoms with Gasteiger partial charge in [-0.05, 0) is 95.4 Å². The van der Waals surface area contributed by atoms with E-state index in [1.54, 1.807) is 30.3 Å². The van der Waals surface area contributed by atoms with Crippen LogP contribution in [-0.4, -0.2) is 30.7 Å². The van der Waals surface area contributed by atoms with E-state index in [-0.39, 0.29) is 18.4 Å². The number of amidine groups is 1. The molecule has 0 saturated carbocycles. The fraction of sp³-hybridized carbons (Fsp3) is 0.115. The van der Waals surface area contributed by atoms with E-state index in [0.29, 0.717) is 40.9 Å². The zero-order valence-corrected chi connectivity index (χ0v) is 24.1. The average Bonchev–Trinajstić information content (AvgIpc) is 3.20. The summed E-state index contributed by atoms with van der Waals surface area (Å²) in [7, 11) is 1.51. The van der Waals surface area contributed by atoms with E-state index < -0.39 is 0 Å². The maximum Gasteiger partial charge on any atom is 0.264 e. The number of aryl methyl sites for hydroxylation is 1. The van der Waals surface area contributed by atoms with E-state index in [4.69, 9.17) is 32.7 Å². The fourth-order valence-corrected chi connectivity index (χ4v) is 5.16. The quantitative estimate of drug-likeness (QED) is 0.213. The van der Waals surface area contributed by atoms with Crippen LogP contribution >= 0.6 is 57.6 Å². The summed E-state index contributed by atoms with van der Waals surface area (Å²) in [5.41, 5.74) is 3.14. The van der Waals surface area contributed by atoms with Crippen molar-refractivity contribution >= 4 is 92.0 Å². The van der Waals surface area contributed by atoms with Gasteiger partial charge in [-0.25, -0.2) is 4.99 Å². The van der Waals surface area contributed by atoms with Crippen molar-refractivity contribution in [1.29, 1.82) is 0 Å². The number of nitrogens with zero attached hydrogens (tertiary/aromatic N) is 1. The second-order valence-corrected chi connectivity index (χ2v) is 10.8. The smallest absolute Gasteiger partial charge is 0.264 e. The van der Waals surface area contributed by atoms with Gasteiger partial charge in [0.15, 0.2) is 23.3 Å². The molecular weight excluding hydrogens is 648 g/mol. The van der Waals surface area contributed by atoms with Gasteiger partial charge in [0.25, 0.3) is 11.8 Å². The Morgan fingerprint density at radius 3 is 2.59 bits per heavy atom. The Morgan fingerprint density at radius 2 is 1.89 bits per heavy atom. The normalized spacial score (nSPS) is 15.1. The van der Waals surface area contributed by atoms with Gasteiger partial charge in [0.2, 0.25) is 0 Å². The first-order valence-corrected chi connectivity index (χ1v) is 13.5. The number of carbonyl (C=O) groups excluding carboxylic acids is 2. The van der Waals surface area contributed by atoms with Gasteiger partial charge in [0.1, 0.15) is 0 Å². The Kier molecular flexibility index (Phi) is 9.01. The summed E-state index contributed by atoms with van der Waals surface area (Å²) in [6.07, 6.45) is 1.75. The van der Waals surface area contributed by atoms with Crippen LogP contribution in [0.1, 0.15) is 11.1 Å². The van der Waals surface area contributed by atoms with Crippen LogP contribution in [0.5, 0.6) is 11.5 Å². The molecule has 190 valence electrons. The second-order valence-electron chi connectivity index (χ2n) is 7.82. The molecule has 0 radical (unpaired) electrons. The second kappa shape index (κ2) is 12.2. The molecule has 1 fully saturated rings. The predicted octanol–water partition coefficient (Wildman–Crippen LogP) is 6.82. The minimum absolute atomic E-state index is 0.232. The number of hydrogen-bond donors (Lipinski definition) is 2. The molecule has 11 heteroatoms. The first-order chi connectivity index (χ1) is 17.7. The molecule has 1 saturated heterocycles. The van der Waals surface area contributed by atoms with Crippen LogP contribution < -0.4 is 20.1 Å². The van der Waals surface area contributed by atoms with Crippen LogP contribution in [0.25, 0.3) is 6.08 Å². The molecule has 0 atom stereocenters. The van der Waals surface area contributed by atoms with Crippen LogP contribution in [0.4, 0.5) is 11.4 Å². The van der Waals surface area contributed by atoms with Gasteiger partial charge in [-0.3, -0.25) is 9.59 Å². The van der Waals surface area contributed by atoms with Gasteiger partial charge in [-0.15, -0.1) is 0 Å². The number of thioether (sulfide) groups is 1. The summed E-state index contributed by atoms with van der Waals surface area (Å²) in [6, 6.07) is 16.1. The van der Waals surface area contributed by atoms with Crippen LogP contribution in [0.3, 0.4) is 0 Å². The lowest BCUT2D eigenvalue weighted by molar-refractivity contribution is -0.118. The molecular formula is C26H20Cl2IN3O4S. The number of halogens is 3. The molecule has 1 heterocycles. The lowest BCUT2D eigenvalue weighted by atomic mass is 10.2. The Hall–Kier alpha value is -2.73. The number of methoxy groups -OCH3 is 1. The Labute approximate surface area is 241 Å².